The summed E-state index contributed by atoms with van der Waals surface area (Å²) in [6.07, 6.45) is 2.82. The molecule has 0 saturated carbocycles. The molecule has 1 N–H and O–H groups in total. The van der Waals surface area contributed by atoms with Crippen molar-refractivity contribution in [2.24, 2.45) is 0 Å². The third-order valence-corrected chi connectivity index (χ3v) is 2.33. The highest BCUT2D eigenvalue weighted by Crippen LogP contribution is 2.18. The van der Waals surface area contributed by atoms with Crippen LogP contribution in [0.3, 0.4) is 0 Å². The molecule has 0 aliphatic heterocycles. The molecule has 0 saturated heterocycles. The highest BCUT2D eigenvalue weighted by Gasteiger charge is 2.09. The van der Waals surface area contributed by atoms with Gasteiger partial charge in [-0.25, -0.2) is 4.98 Å². The van der Waals surface area contributed by atoms with Crippen molar-refractivity contribution in [3.05, 3.63) is 48.7 Å². The average Bonchev–Trinajstić information content (AvgIpc) is 2.99. The normalized spacial score (nSPS) is 10.6. The molecule has 1 amide bonds. The fourth-order valence-corrected chi connectivity index (χ4v) is 1.53. The number of aromatic nitrogens is 1. The number of oxazole rings is 1. The molecule has 5 heteroatoms. The Labute approximate surface area is 96.1 Å². The quantitative estimate of drug-likeness (QED) is 0.732. The van der Waals surface area contributed by atoms with Crippen molar-refractivity contribution >= 4 is 22.7 Å². The van der Waals surface area contributed by atoms with Gasteiger partial charge in [-0.05, 0) is 24.3 Å². The third kappa shape index (κ3) is 1.78. The van der Waals surface area contributed by atoms with Gasteiger partial charge in [0.1, 0.15) is 5.52 Å². The first kappa shape index (κ1) is 9.65. The van der Waals surface area contributed by atoms with Gasteiger partial charge in [0.05, 0.1) is 6.26 Å². The van der Waals surface area contributed by atoms with Crippen LogP contribution in [0.25, 0.3) is 11.1 Å². The van der Waals surface area contributed by atoms with Crippen molar-refractivity contribution < 1.29 is 13.6 Å². The molecule has 1 aromatic carbocycles. The maximum absolute atomic E-state index is 11.7. The van der Waals surface area contributed by atoms with Crippen LogP contribution in [-0.4, -0.2) is 10.9 Å². The van der Waals surface area contributed by atoms with E-state index in [1.165, 1.54) is 12.7 Å². The van der Waals surface area contributed by atoms with Gasteiger partial charge < -0.3 is 14.2 Å². The molecule has 0 unspecified atom stereocenters. The smallest absolute Gasteiger partial charge is 0.291 e. The summed E-state index contributed by atoms with van der Waals surface area (Å²) in [5.74, 6) is -0.0310. The number of furan rings is 1. The predicted octanol–water partition coefficient (Wildman–Crippen LogP) is 2.67. The summed E-state index contributed by atoms with van der Waals surface area (Å²) in [6.45, 7) is 0. The topological polar surface area (TPSA) is 68.3 Å². The van der Waals surface area contributed by atoms with E-state index in [0.717, 1.165) is 5.52 Å². The van der Waals surface area contributed by atoms with Crippen molar-refractivity contribution in [3.8, 4) is 0 Å². The minimum Gasteiger partial charge on any atom is -0.459 e. The molecular weight excluding hydrogens is 220 g/mol. The molecule has 2 heterocycles. The highest BCUT2D eigenvalue weighted by molar-refractivity contribution is 6.02. The summed E-state index contributed by atoms with van der Waals surface area (Å²) in [5, 5.41) is 2.71. The number of benzene rings is 1. The van der Waals surface area contributed by atoms with Crippen molar-refractivity contribution in [1.29, 1.82) is 0 Å². The lowest BCUT2D eigenvalue weighted by Crippen LogP contribution is -2.10. The van der Waals surface area contributed by atoms with Crippen molar-refractivity contribution in [2.75, 3.05) is 5.32 Å². The minimum atomic E-state index is -0.297. The van der Waals surface area contributed by atoms with Crippen LogP contribution in [0, 0.1) is 0 Å². The molecule has 0 fully saturated rings. The lowest BCUT2D eigenvalue weighted by Gasteiger charge is -2.01. The van der Waals surface area contributed by atoms with Gasteiger partial charge in [0.25, 0.3) is 5.91 Å². The Hall–Kier alpha value is -2.56. The summed E-state index contributed by atoms with van der Waals surface area (Å²) in [7, 11) is 0. The second-order valence-electron chi connectivity index (χ2n) is 3.47. The Bertz CT molecular complexity index is 655. The fraction of sp³-hybridized carbons (Fsp3) is 0. The zero-order chi connectivity index (χ0) is 11.7. The van der Waals surface area contributed by atoms with E-state index in [9.17, 15) is 4.79 Å². The van der Waals surface area contributed by atoms with E-state index < -0.39 is 0 Å². The molecule has 3 rings (SSSR count). The summed E-state index contributed by atoms with van der Waals surface area (Å²) in [4.78, 5) is 15.7. The second kappa shape index (κ2) is 3.79. The predicted molar refractivity (Wildman–Crippen MR) is 60.7 cm³/mol. The summed E-state index contributed by atoms with van der Waals surface area (Å²) < 4.78 is 10.1. The molecule has 5 nitrogen and oxygen atoms in total. The number of fused-ring (bicyclic) bond motifs is 1. The molecule has 0 aliphatic rings. The molecule has 3 aromatic rings. The molecular formula is C12H8N2O3. The first-order valence-corrected chi connectivity index (χ1v) is 5.01. The number of amides is 1. The van der Waals surface area contributed by atoms with Gasteiger partial charge in [0.2, 0.25) is 0 Å². The van der Waals surface area contributed by atoms with Crippen LogP contribution in [0.2, 0.25) is 0 Å². The van der Waals surface area contributed by atoms with Crippen LogP contribution >= 0.6 is 0 Å². The Balaban J connectivity index is 1.87. The van der Waals surface area contributed by atoms with Gasteiger partial charge in [0, 0.05) is 11.8 Å². The standard InChI is InChI=1S/C12H8N2O3/c15-12(10-2-1-5-16-10)14-8-3-4-9-11(6-8)17-7-13-9/h1-7H,(H,14,15). The number of carbonyl (C=O) groups excluding carboxylic acids is 1. The Morgan fingerprint density at radius 1 is 1.24 bits per heavy atom. The summed E-state index contributed by atoms with van der Waals surface area (Å²) >= 11 is 0. The molecule has 0 bridgehead atoms. The van der Waals surface area contributed by atoms with E-state index in [2.05, 4.69) is 10.3 Å². The van der Waals surface area contributed by atoms with Crippen LogP contribution < -0.4 is 5.32 Å². The Kier molecular flexibility index (Phi) is 2.15. The van der Waals surface area contributed by atoms with E-state index in [-0.39, 0.29) is 11.7 Å². The van der Waals surface area contributed by atoms with Gasteiger partial charge in [-0.2, -0.15) is 0 Å². The summed E-state index contributed by atoms with van der Waals surface area (Å²) in [5.41, 5.74) is 2.01. The molecule has 0 spiro atoms. The molecule has 2 aromatic heterocycles. The van der Waals surface area contributed by atoms with Gasteiger partial charge in [-0.3, -0.25) is 4.79 Å². The highest BCUT2D eigenvalue weighted by atomic mass is 16.3. The van der Waals surface area contributed by atoms with E-state index in [1.54, 1.807) is 30.3 Å². The SMILES string of the molecule is O=C(Nc1ccc2ncoc2c1)c1ccco1. The number of carbonyl (C=O) groups is 1. The first-order valence-electron chi connectivity index (χ1n) is 5.01. The first-order chi connectivity index (χ1) is 8.33. The van der Waals surface area contributed by atoms with Crippen molar-refractivity contribution in [1.82, 2.24) is 4.98 Å². The van der Waals surface area contributed by atoms with Crippen molar-refractivity contribution in [3.63, 3.8) is 0 Å². The van der Waals surface area contributed by atoms with Gasteiger partial charge >= 0.3 is 0 Å². The number of hydrogen-bond acceptors (Lipinski definition) is 4. The number of nitrogens with zero attached hydrogens (tertiary/aromatic N) is 1. The number of anilines is 1. The summed E-state index contributed by atoms with van der Waals surface area (Å²) in [6, 6.07) is 8.50. The minimum absolute atomic E-state index is 0.266. The molecule has 0 aliphatic carbocycles. The monoisotopic (exact) mass is 228 g/mol. The van der Waals surface area contributed by atoms with Crippen LogP contribution in [-0.2, 0) is 0 Å². The lowest BCUT2D eigenvalue weighted by molar-refractivity contribution is 0.0996. The molecule has 84 valence electrons. The number of hydrogen-bond donors (Lipinski definition) is 1. The molecule has 0 radical (unpaired) electrons. The van der Waals surface area contributed by atoms with E-state index >= 15 is 0 Å². The second-order valence-corrected chi connectivity index (χ2v) is 3.47. The van der Waals surface area contributed by atoms with Gasteiger partial charge in [-0.15, -0.1) is 0 Å². The number of rotatable bonds is 2. The molecule has 0 atom stereocenters. The van der Waals surface area contributed by atoms with Crippen LogP contribution in [0.5, 0.6) is 0 Å². The van der Waals surface area contributed by atoms with Gasteiger partial charge in [-0.1, -0.05) is 0 Å². The van der Waals surface area contributed by atoms with Crippen LogP contribution in [0.1, 0.15) is 10.6 Å². The van der Waals surface area contributed by atoms with Gasteiger partial charge in [0.15, 0.2) is 17.7 Å². The van der Waals surface area contributed by atoms with E-state index in [0.29, 0.717) is 11.3 Å². The Morgan fingerprint density at radius 2 is 2.18 bits per heavy atom. The third-order valence-electron chi connectivity index (χ3n) is 2.33. The Morgan fingerprint density at radius 3 is 3.00 bits per heavy atom. The average molecular weight is 228 g/mol. The maximum Gasteiger partial charge on any atom is 0.291 e. The zero-order valence-electron chi connectivity index (χ0n) is 8.71. The van der Waals surface area contributed by atoms with E-state index in [1.807, 2.05) is 0 Å². The largest absolute Gasteiger partial charge is 0.459 e. The lowest BCUT2D eigenvalue weighted by atomic mass is 10.3. The number of nitrogens with one attached hydrogen (secondary N) is 1. The van der Waals surface area contributed by atoms with Crippen LogP contribution in [0.4, 0.5) is 5.69 Å². The zero-order valence-corrected chi connectivity index (χ0v) is 8.71. The van der Waals surface area contributed by atoms with E-state index in [4.69, 9.17) is 8.83 Å². The molecule has 17 heavy (non-hydrogen) atoms. The van der Waals surface area contributed by atoms with Crippen LogP contribution in [0.15, 0.2) is 51.8 Å². The maximum atomic E-state index is 11.7. The fourth-order valence-electron chi connectivity index (χ4n) is 1.53. The van der Waals surface area contributed by atoms with Crippen molar-refractivity contribution in [2.45, 2.75) is 0 Å².